The second kappa shape index (κ2) is 7.37. The van der Waals surface area contributed by atoms with Crippen LogP contribution in [-0.2, 0) is 12.2 Å². The zero-order valence-electron chi connectivity index (χ0n) is 15.4. The molecule has 0 atom stereocenters. The highest BCUT2D eigenvalue weighted by Gasteiger charge is 2.13. The third-order valence-electron chi connectivity index (χ3n) is 4.33. The molecule has 0 radical (unpaired) electrons. The molecule has 0 aliphatic heterocycles. The Balaban J connectivity index is 1.46. The Morgan fingerprint density at radius 2 is 2.03 bits per heavy atom. The smallest absolute Gasteiger partial charge is 0.267 e. The van der Waals surface area contributed by atoms with Crippen molar-refractivity contribution in [2.45, 2.75) is 24.1 Å². The first-order chi connectivity index (χ1) is 14.2. The fourth-order valence-corrected chi connectivity index (χ4v) is 4.66. The molecule has 10 heteroatoms. The van der Waals surface area contributed by atoms with Gasteiger partial charge in [-0.25, -0.2) is 19.6 Å². The van der Waals surface area contributed by atoms with E-state index in [4.69, 9.17) is 0 Å². The van der Waals surface area contributed by atoms with Crippen molar-refractivity contribution in [1.82, 2.24) is 34.3 Å². The minimum Gasteiger partial charge on any atom is -0.267 e. The van der Waals surface area contributed by atoms with Crippen molar-refractivity contribution in [2.75, 3.05) is 0 Å². The van der Waals surface area contributed by atoms with Crippen LogP contribution in [-0.4, -0.2) is 34.3 Å². The Labute approximate surface area is 173 Å². The van der Waals surface area contributed by atoms with Crippen molar-refractivity contribution < 1.29 is 0 Å². The van der Waals surface area contributed by atoms with Crippen LogP contribution < -0.4 is 5.56 Å². The van der Waals surface area contributed by atoms with Crippen LogP contribution in [0.3, 0.4) is 0 Å². The molecule has 0 amide bonds. The second-order valence-corrected chi connectivity index (χ2v) is 8.23. The maximum Gasteiger partial charge on any atom is 0.275 e. The number of benzene rings is 1. The molecular weight excluding hydrogens is 406 g/mol. The van der Waals surface area contributed by atoms with Gasteiger partial charge >= 0.3 is 0 Å². The van der Waals surface area contributed by atoms with Gasteiger partial charge in [0.05, 0.1) is 23.0 Å². The Bertz CT molecular complexity index is 1370. The summed E-state index contributed by atoms with van der Waals surface area (Å²) in [5, 5.41) is 11.3. The van der Waals surface area contributed by atoms with E-state index in [1.165, 1.54) is 40.0 Å². The molecule has 0 saturated carbocycles. The number of hydrogen-bond donors (Lipinski definition) is 0. The van der Waals surface area contributed by atoms with Crippen LogP contribution in [0.2, 0.25) is 0 Å². The van der Waals surface area contributed by atoms with Crippen molar-refractivity contribution in [3.05, 3.63) is 70.0 Å². The number of rotatable bonds is 5. The van der Waals surface area contributed by atoms with Crippen LogP contribution in [0.5, 0.6) is 0 Å². The molecule has 144 valence electrons. The lowest BCUT2D eigenvalue weighted by atomic mass is 10.3. The van der Waals surface area contributed by atoms with E-state index < -0.39 is 0 Å². The monoisotopic (exact) mass is 421 g/mol. The van der Waals surface area contributed by atoms with E-state index >= 15 is 0 Å². The van der Waals surface area contributed by atoms with Gasteiger partial charge in [0.15, 0.2) is 5.65 Å². The Morgan fingerprint density at radius 3 is 2.86 bits per heavy atom. The zero-order chi connectivity index (χ0) is 19.8. The van der Waals surface area contributed by atoms with Gasteiger partial charge < -0.3 is 0 Å². The number of aromatic nitrogens is 7. The molecule has 0 saturated heterocycles. The molecular formula is C19H15N7OS2. The first kappa shape index (κ1) is 18.0. The van der Waals surface area contributed by atoms with Crippen LogP contribution in [0.25, 0.3) is 21.7 Å². The van der Waals surface area contributed by atoms with Crippen molar-refractivity contribution >= 4 is 39.1 Å². The van der Waals surface area contributed by atoms with E-state index in [1.54, 1.807) is 10.9 Å². The zero-order valence-corrected chi connectivity index (χ0v) is 17.0. The molecule has 0 aliphatic carbocycles. The first-order valence-electron chi connectivity index (χ1n) is 8.98. The summed E-state index contributed by atoms with van der Waals surface area (Å²) in [5.74, 6) is 0.522. The van der Waals surface area contributed by atoms with E-state index in [2.05, 4.69) is 25.1 Å². The molecule has 1 aromatic carbocycles. The van der Waals surface area contributed by atoms with Gasteiger partial charge in [-0.1, -0.05) is 48.2 Å². The molecule has 4 aromatic heterocycles. The van der Waals surface area contributed by atoms with Gasteiger partial charge in [-0.3, -0.25) is 4.79 Å². The average Bonchev–Trinajstić information content (AvgIpc) is 3.37. The third kappa shape index (κ3) is 3.30. The summed E-state index contributed by atoms with van der Waals surface area (Å²) >= 11 is 2.95. The summed E-state index contributed by atoms with van der Waals surface area (Å²) in [6, 6.07) is 11.4. The standard InChI is InChI=1S/C19H15N7OS2/c1-2-15-24-26-16(27)8-12(23-19(26)29-15)10-28-18-14-9-22-25(17(14)20-11-21-18)13-6-4-3-5-7-13/h3-9,11H,2,10H2,1H3. The summed E-state index contributed by atoms with van der Waals surface area (Å²) < 4.78 is 3.16. The minimum absolute atomic E-state index is 0.161. The van der Waals surface area contributed by atoms with Crippen molar-refractivity contribution in [3.63, 3.8) is 0 Å². The number of nitrogens with zero attached hydrogens (tertiary/aromatic N) is 7. The summed E-state index contributed by atoms with van der Waals surface area (Å²) in [6.07, 6.45) is 4.09. The molecule has 8 nitrogen and oxygen atoms in total. The van der Waals surface area contributed by atoms with Crippen molar-refractivity contribution in [1.29, 1.82) is 0 Å². The highest BCUT2D eigenvalue weighted by Crippen LogP contribution is 2.28. The van der Waals surface area contributed by atoms with Gasteiger partial charge in [0.1, 0.15) is 16.4 Å². The first-order valence-corrected chi connectivity index (χ1v) is 10.8. The van der Waals surface area contributed by atoms with Crippen molar-refractivity contribution in [3.8, 4) is 5.69 Å². The summed E-state index contributed by atoms with van der Waals surface area (Å²) in [7, 11) is 0. The lowest BCUT2D eigenvalue weighted by Gasteiger charge is -2.04. The minimum atomic E-state index is -0.161. The average molecular weight is 422 g/mol. The van der Waals surface area contributed by atoms with Gasteiger partial charge in [0, 0.05) is 11.8 Å². The predicted octanol–water partition coefficient (Wildman–Crippen LogP) is 3.13. The van der Waals surface area contributed by atoms with Crippen LogP contribution >= 0.6 is 23.1 Å². The number of hydrogen-bond acceptors (Lipinski definition) is 8. The van der Waals surface area contributed by atoms with E-state index in [-0.39, 0.29) is 5.56 Å². The molecule has 5 rings (SSSR count). The number of aryl methyl sites for hydroxylation is 1. The molecule has 0 spiro atoms. The van der Waals surface area contributed by atoms with E-state index in [0.29, 0.717) is 16.4 Å². The largest absolute Gasteiger partial charge is 0.275 e. The van der Waals surface area contributed by atoms with Crippen LogP contribution in [0, 0.1) is 0 Å². The molecule has 29 heavy (non-hydrogen) atoms. The number of thioether (sulfide) groups is 1. The maximum atomic E-state index is 12.3. The molecule has 0 N–H and O–H groups in total. The third-order valence-corrected chi connectivity index (χ3v) is 6.42. The fourth-order valence-electron chi connectivity index (χ4n) is 2.95. The summed E-state index contributed by atoms with van der Waals surface area (Å²) in [4.78, 5) is 26.3. The molecule has 5 aromatic rings. The van der Waals surface area contributed by atoms with E-state index in [0.717, 1.165) is 33.2 Å². The predicted molar refractivity (Wildman–Crippen MR) is 113 cm³/mol. The van der Waals surface area contributed by atoms with Gasteiger partial charge in [0.25, 0.3) is 5.56 Å². The van der Waals surface area contributed by atoms with Crippen molar-refractivity contribution in [2.24, 2.45) is 0 Å². The highest BCUT2D eigenvalue weighted by atomic mass is 32.2. The highest BCUT2D eigenvalue weighted by molar-refractivity contribution is 7.98. The molecule has 0 fully saturated rings. The number of para-hydroxylation sites is 1. The van der Waals surface area contributed by atoms with Crippen LogP contribution in [0.15, 0.2) is 58.7 Å². The quantitative estimate of drug-likeness (QED) is 0.318. The normalized spacial score (nSPS) is 11.5. The second-order valence-electron chi connectivity index (χ2n) is 6.23. The molecule has 0 bridgehead atoms. The Kier molecular flexibility index (Phi) is 4.57. The lowest BCUT2D eigenvalue weighted by molar-refractivity contribution is 0.852. The lowest BCUT2D eigenvalue weighted by Crippen LogP contribution is -2.15. The van der Waals surface area contributed by atoms with Gasteiger partial charge in [-0.15, -0.1) is 0 Å². The van der Waals surface area contributed by atoms with Crippen LogP contribution in [0.1, 0.15) is 17.6 Å². The number of fused-ring (bicyclic) bond motifs is 2. The summed E-state index contributed by atoms with van der Waals surface area (Å²) in [6.45, 7) is 2.01. The maximum absolute atomic E-state index is 12.3. The molecule has 0 unspecified atom stereocenters. The Morgan fingerprint density at radius 1 is 1.17 bits per heavy atom. The molecule has 0 aliphatic rings. The van der Waals surface area contributed by atoms with Crippen LogP contribution in [0.4, 0.5) is 0 Å². The molecule has 4 heterocycles. The van der Waals surface area contributed by atoms with E-state index in [1.807, 2.05) is 37.3 Å². The van der Waals surface area contributed by atoms with Gasteiger partial charge in [0.2, 0.25) is 4.96 Å². The van der Waals surface area contributed by atoms with E-state index in [9.17, 15) is 4.79 Å². The topological polar surface area (TPSA) is 90.9 Å². The summed E-state index contributed by atoms with van der Waals surface area (Å²) in [5.41, 5.74) is 2.22. The Hall–Kier alpha value is -3.11. The fraction of sp³-hybridized carbons (Fsp3) is 0.158. The SMILES string of the molecule is CCc1nn2c(=O)cc(CSc3ncnc4c3cnn4-c3ccccc3)nc2s1. The van der Waals surface area contributed by atoms with Gasteiger partial charge in [-0.05, 0) is 18.6 Å². The van der Waals surface area contributed by atoms with Gasteiger partial charge in [-0.2, -0.15) is 14.7 Å².